The molecule has 0 aliphatic heterocycles. The summed E-state index contributed by atoms with van der Waals surface area (Å²) in [7, 11) is 0. The predicted octanol–water partition coefficient (Wildman–Crippen LogP) is 16.5. The van der Waals surface area contributed by atoms with Crippen LogP contribution >= 0.6 is 0 Å². The summed E-state index contributed by atoms with van der Waals surface area (Å²) >= 11 is 0. The van der Waals surface area contributed by atoms with Gasteiger partial charge in [-0.25, -0.2) is 0 Å². The summed E-state index contributed by atoms with van der Waals surface area (Å²) in [6.45, 7) is 0. The van der Waals surface area contributed by atoms with Crippen molar-refractivity contribution in [2.45, 2.75) is 0 Å². The van der Waals surface area contributed by atoms with Gasteiger partial charge in [-0.2, -0.15) is 0 Å². The van der Waals surface area contributed by atoms with E-state index in [2.05, 4.69) is 235 Å². The molecule has 0 aliphatic carbocycles. The second-order valence-electron chi connectivity index (χ2n) is 15.4. The zero-order valence-electron chi connectivity index (χ0n) is 32.9. The average Bonchev–Trinajstić information content (AvgIpc) is 3.71. The molecule has 0 radical (unpaired) electrons. The number of hydrogen-bond acceptors (Lipinski definition) is 2. The lowest BCUT2D eigenvalue weighted by Crippen LogP contribution is -2.10. The summed E-state index contributed by atoms with van der Waals surface area (Å²) in [6.07, 6.45) is 0. The molecule has 60 heavy (non-hydrogen) atoms. The van der Waals surface area contributed by atoms with Gasteiger partial charge in [0.05, 0.1) is 0 Å². The van der Waals surface area contributed by atoms with E-state index < -0.39 is 0 Å². The van der Waals surface area contributed by atoms with Crippen molar-refractivity contribution in [1.82, 2.24) is 0 Å². The van der Waals surface area contributed by atoms with E-state index in [1.165, 1.54) is 33.0 Å². The van der Waals surface area contributed by atoms with Gasteiger partial charge in [-0.3, -0.25) is 0 Å². The maximum Gasteiger partial charge on any atom is 0.143 e. The highest BCUT2D eigenvalue weighted by atomic mass is 16.3. The molecule has 2 heteroatoms. The third kappa shape index (κ3) is 6.61. The topological polar surface area (TPSA) is 16.4 Å². The molecule has 0 saturated heterocycles. The molecule has 0 fully saturated rings. The summed E-state index contributed by atoms with van der Waals surface area (Å²) in [4.78, 5) is 2.38. The monoisotopic (exact) mass is 765 g/mol. The third-order valence-electron chi connectivity index (χ3n) is 11.6. The summed E-state index contributed by atoms with van der Waals surface area (Å²) in [6, 6.07) is 84.9. The second kappa shape index (κ2) is 15.1. The number of fused-ring (bicyclic) bond motifs is 4. The average molecular weight is 766 g/mol. The van der Waals surface area contributed by atoms with Gasteiger partial charge in [0.25, 0.3) is 0 Å². The Morgan fingerprint density at radius 2 is 0.767 bits per heavy atom. The van der Waals surface area contributed by atoms with E-state index >= 15 is 0 Å². The van der Waals surface area contributed by atoms with E-state index in [-0.39, 0.29) is 0 Å². The van der Waals surface area contributed by atoms with Crippen molar-refractivity contribution in [3.63, 3.8) is 0 Å². The SMILES string of the molecule is c1ccc(-c2cc(-c3ccccc3)cc(N(c3ccc(-c4ccc5ccccc5c4)cc3)c3ccc(-c4ccc5oc6c(-c7ccccc7)cccc6c5c4)cc3)c2)cc1. The Morgan fingerprint density at radius 1 is 0.267 bits per heavy atom. The normalized spacial score (nSPS) is 11.3. The Labute approximate surface area is 349 Å². The van der Waals surface area contributed by atoms with E-state index in [1.54, 1.807) is 0 Å². The highest BCUT2D eigenvalue weighted by molar-refractivity contribution is 6.10. The van der Waals surface area contributed by atoms with E-state index in [4.69, 9.17) is 4.42 Å². The van der Waals surface area contributed by atoms with Crippen LogP contribution in [0.3, 0.4) is 0 Å². The van der Waals surface area contributed by atoms with Crippen molar-refractivity contribution >= 4 is 49.8 Å². The molecular formula is C58H39NO. The van der Waals surface area contributed by atoms with Crippen molar-refractivity contribution < 1.29 is 4.42 Å². The molecule has 0 N–H and O–H groups in total. The molecule has 282 valence electrons. The maximum absolute atomic E-state index is 6.51. The lowest BCUT2D eigenvalue weighted by molar-refractivity contribution is 0.670. The minimum Gasteiger partial charge on any atom is -0.455 e. The Kier molecular flexibility index (Phi) is 8.87. The molecule has 0 atom stereocenters. The molecule has 0 saturated carbocycles. The molecule has 10 aromatic carbocycles. The first-order chi connectivity index (χ1) is 29.7. The Morgan fingerprint density at radius 3 is 1.38 bits per heavy atom. The smallest absolute Gasteiger partial charge is 0.143 e. The van der Waals surface area contributed by atoms with Crippen LogP contribution in [-0.4, -0.2) is 0 Å². The van der Waals surface area contributed by atoms with Gasteiger partial charge in [0, 0.05) is 33.4 Å². The first kappa shape index (κ1) is 35.2. The Bertz CT molecular complexity index is 3220. The van der Waals surface area contributed by atoms with Crippen molar-refractivity contribution in [2.75, 3.05) is 4.90 Å². The van der Waals surface area contributed by atoms with Crippen molar-refractivity contribution in [3.8, 4) is 55.6 Å². The van der Waals surface area contributed by atoms with Gasteiger partial charge >= 0.3 is 0 Å². The van der Waals surface area contributed by atoms with Crippen LogP contribution in [0.15, 0.2) is 241 Å². The van der Waals surface area contributed by atoms with Gasteiger partial charge in [-0.05, 0) is 122 Å². The van der Waals surface area contributed by atoms with Gasteiger partial charge in [-0.15, -0.1) is 0 Å². The molecule has 1 heterocycles. The number of nitrogens with zero attached hydrogens (tertiary/aromatic N) is 1. The molecule has 0 amide bonds. The van der Waals surface area contributed by atoms with Crippen LogP contribution in [0.2, 0.25) is 0 Å². The van der Waals surface area contributed by atoms with Gasteiger partial charge in [-0.1, -0.05) is 176 Å². The molecule has 0 bridgehead atoms. The number of anilines is 3. The van der Waals surface area contributed by atoms with Crippen LogP contribution in [0, 0.1) is 0 Å². The van der Waals surface area contributed by atoms with Crippen LogP contribution in [-0.2, 0) is 0 Å². The fraction of sp³-hybridized carbons (Fsp3) is 0. The Balaban J connectivity index is 1.02. The van der Waals surface area contributed by atoms with Crippen LogP contribution in [0.4, 0.5) is 17.1 Å². The summed E-state index contributed by atoms with van der Waals surface area (Å²) < 4.78 is 6.51. The fourth-order valence-corrected chi connectivity index (χ4v) is 8.58. The summed E-state index contributed by atoms with van der Waals surface area (Å²) in [5.74, 6) is 0. The van der Waals surface area contributed by atoms with Crippen molar-refractivity contribution in [2.24, 2.45) is 0 Å². The van der Waals surface area contributed by atoms with E-state index in [0.717, 1.165) is 72.4 Å². The largest absolute Gasteiger partial charge is 0.455 e. The Hall–Kier alpha value is -7.94. The van der Waals surface area contributed by atoms with Crippen LogP contribution in [0.25, 0.3) is 88.3 Å². The molecular weight excluding hydrogens is 727 g/mol. The molecule has 0 aliphatic rings. The van der Waals surface area contributed by atoms with Crippen LogP contribution in [0.1, 0.15) is 0 Å². The van der Waals surface area contributed by atoms with Gasteiger partial charge in [0.15, 0.2) is 0 Å². The van der Waals surface area contributed by atoms with E-state index in [1.807, 2.05) is 6.07 Å². The standard InChI is InChI=1S/C58H39NO/c1-4-13-40(14-5-1)49-36-50(41-15-6-2-7-16-41)38-53(37-49)59(51-30-25-43(26-31-51)47-24-23-42-17-10-11-20-46(42)35-47)52-32-27-44(28-33-52)48-29-34-57-56(39-48)55-22-12-21-54(58(55)60-57)45-18-8-3-9-19-45/h1-39H. The second-order valence-corrected chi connectivity index (χ2v) is 15.4. The maximum atomic E-state index is 6.51. The first-order valence-electron chi connectivity index (χ1n) is 20.5. The molecule has 11 aromatic rings. The van der Waals surface area contributed by atoms with E-state index in [0.29, 0.717) is 0 Å². The predicted molar refractivity (Wildman–Crippen MR) is 253 cm³/mol. The molecule has 1 aromatic heterocycles. The van der Waals surface area contributed by atoms with Crippen LogP contribution < -0.4 is 4.90 Å². The fourth-order valence-electron chi connectivity index (χ4n) is 8.58. The number of hydrogen-bond donors (Lipinski definition) is 0. The van der Waals surface area contributed by atoms with Crippen molar-refractivity contribution in [1.29, 1.82) is 0 Å². The molecule has 11 rings (SSSR count). The summed E-state index contributed by atoms with van der Waals surface area (Å²) in [5, 5.41) is 4.72. The number of benzene rings is 10. The zero-order chi connectivity index (χ0) is 39.8. The van der Waals surface area contributed by atoms with E-state index in [9.17, 15) is 0 Å². The lowest BCUT2D eigenvalue weighted by atomic mass is 9.97. The first-order valence-corrected chi connectivity index (χ1v) is 20.5. The highest BCUT2D eigenvalue weighted by Gasteiger charge is 2.18. The number of para-hydroxylation sites is 1. The number of rotatable bonds is 8. The van der Waals surface area contributed by atoms with Gasteiger partial charge in [0.1, 0.15) is 11.2 Å². The zero-order valence-corrected chi connectivity index (χ0v) is 32.9. The lowest BCUT2D eigenvalue weighted by Gasteiger charge is -2.27. The third-order valence-corrected chi connectivity index (χ3v) is 11.6. The van der Waals surface area contributed by atoms with Gasteiger partial charge < -0.3 is 9.32 Å². The molecule has 0 spiro atoms. The molecule has 2 nitrogen and oxygen atoms in total. The van der Waals surface area contributed by atoms with Crippen LogP contribution in [0.5, 0.6) is 0 Å². The minimum atomic E-state index is 0.889. The number of furan rings is 1. The quantitative estimate of drug-likeness (QED) is 0.153. The van der Waals surface area contributed by atoms with Gasteiger partial charge in [0.2, 0.25) is 0 Å². The summed E-state index contributed by atoms with van der Waals surface area (Å²) in [5.41, 5.74) is 16.7. The minimum absolute atomic E-state index is 0.889. The highest BCUT2D eigenvalue weighted by Crippen LogP contribution is 2.42. The van der Waals surface area contributed by atoms with Crippen molar-refractivity contribution in [3.05, 3.63) is 237 Å². The molecule has 0 unspecified atom stereocenters.